The van der Waals surface area contributed by atoms with Gasteiger partial charge in [-0.15, -0.1) is 0 Å². The molecule has 0 aliphatic carbocycles. The number of hydrogen-bond acceptors (Lipinski definition) is 4. The van der Waals surface area contributed by atoms with E-state index in [1.807, 2.05) is 61.5 Å². The SMILES string of the molecule is CNC(=O)NC(=O)C(c1ccccc1)N1CCC(NC(=O)c2ccccc2C)CC1. The molecule has 7 heteroatoms. The largest absolute Gasteiger partial charge is 0.349 e. The van der Waals surface area contributed by atoms with Crippen LogP contribution < -0.4 is 16.0 Å². The molecule has 1 atom stereocenters. The second kappa shape index (κ2) is 10.0. The second-order valence-electron chi connectivity index (χ2n) is 7.48. The number of urea groups is 1. The average molecular weight is 409 g/mol. The molecule has 2 aromatic carbocycles. The minimum absolute atomic E-state index is 0.0479. The number of hydrogen-bond donors (Lipinski definition) is 3. The quantitative estimate of drug-likeness (QED) is 0.709. The van der Waals surface area contributed by atoms with E-state index in [0.29, 0.717) is 18.7 Å². The minimum atomic E-state index is -0.559. The molecule has 1 aliphatic heterocycles. The van der Waals surface area contributed by atoms with Gasteiger partial charge in [-0.25, -0.2) is 4.79 Å². The molecule has 0 radical (unpaired) electrons. The molecule has 3 rings (SSSR count). The van der Waals surface area contributed by atoms with Crippen LogP contribution in [0, 0.1) is 6.92 Å². The lowest BCUT2D eigenvalue weighted by Gasteiger charge is -2.37. The molecule has 1 aliphatic rings. The molecule has 1 fully saturated rings. The van der Waals surface area contributed by atoms with E-state index in [1.54, 1.807) is 0 Å². The molecule has 0 bridgehead atoms. The van der Waals surface area contributed by atoms with E-state index in [2.05, 4.69) is 20.9 Å². The maximum Gasteiger partial charge on any atom is 0.321 e. The molecule has 7 nitrogen and oxygen atoms in total. The van der Waals surface area contributed by atoms with Gasteiger partial charge in [0.15, 0.2) is 0 Å². The normalized spacial score (nSPS) is 15.8. The molecule has 1 saturated heterocycles. The molecule has 3 N–H and O–H groups in total. The van der Waals surface area contributed by atoms with E-state index in [0.717, 1.165) is 24.0 Å². The summed E-state index contributed by atoms with van der Waals surface area (Å²) in [6, 6.07) is 15.9. The number of benzene rings is 2. The van der Waals surface area contributed by atoms with Crippen LogP contribution in [0.4, 0.5) is 4.79 Å². The summed E-state index contributed by atoms with van der Waals surface area (Å²) in [5.74, 6) is -0.425. The molecule has 0 spiro atoms. The highest BCUT2D eigenvalue weighted by molar-refractivity contribution is 5.97. The zero-order valence-corrected chi connectivity index (χ0v) is 17.4. The highest BCUT2D eigenvalue weighted by Gasteiger charge is 2.32. The molecule has 4 amide bonds. The van der Waals surface area contributed by atoms with Gasteiger partial charge in [-0.3, -0.25) is 19.8 Å². The Kier molecular flexibility index (Phi) is 7.19. The zero-order chi connectivity index (χ0) is 21.5. The number of nitrogens with zero attached hydrogens (tertiary/aromatic N) is 1. The van der Waals surface area contributed by atoms with Gasteiger partial charge < -0.3 is 10.6 Å². The van der Waals surface area contributed by atoms with Crippen molar-refractivity contribution in [3.05, 3.63) is 71.3 Å². The van der Waals surface area contributed by atoms with Crippen LogP contribution in [-0.4, -0.2) is 48.9 Å². The first-order valence-electron chi connectivity index (χ1n) is 10.2. The number of rotatable bonds is 5. The second-order valence-corrected chi connectivity index (χ2v) is 7.48. The fourth-order valence-electron chi connectivity index (χ4n) is 3.80. The van der Waals surface area contributed by atoms with Gasteiger partial charge in [-0.1, -0.05) is 48.5 Å². The first kappa shape index (κ1) is 21.5. The number of piperidine rings is 1. The maximum atomic E-state index is 12.8. The number of carbonyl (C=O) groups excluding carboxylic acids is 3. The molecule has 2 aromatic rings. The highest BCUT2D eigenvalue weighted by Crippen LogP contribution is 2.25. The Morgan fingerprint density at radius 1 is 0.967 bits per heavy atom. The number of amides is 4. The zero-order valence-electron chi connectivity index (χ0n) is 17.4. The van der Waals surface area contributed by atoms with E-state index in [1.165, 1.54) is 7.05 Å². The smallest absolute Gasteiger partial charge is 0.321 e. The van der Waals surface area contributed by atoms with Crippen molar-refractivity contribution in [3.8, 4) is 0 Å². The molecule has 30 heavy (non-hydrogen) atoms. The lowest BCUT2D eigenvalue weighted by atomic mass is 9.98. The van der Waals surface area contributed by atoms with Crippen LogP contribution in [0.2, 0.25) is 0 Å². The van der Waals surface area contributed by atoms with Crippen molar-refractivity contribution in [1.82, 2.24) is 20.9 Å². The Hall–Kier alpha value is -3.19. The van der Waals surface area contributed by atoms with Crippen LogP contribution in [0.15, 0.2) is 54.6 Å². The van der Waals surface area contributed by atoms with Gasteiger partial charge in [0.2, 0.25) is 5.91 Å². The van der Waals surface area contributed by atoms with E-state index in [-0.39, 0.29) is 17.9 Å². The summed E-state index contributed by atoms with van der Waals surface area (Å²) in [5.41, 5.74) is 2.47. The van der Waals surface area contributed by atoms with Crippen LogP contribution in [0.5, 0.6) is 0 Å². The molecule has 0 aromatic heterocycles. The Morgan fingerprint density at radius 2 is 1.60 bits per heavy atom. The van der Waals surface area contributed by atoms with E-state index < -0.39 is 12.1 Å². The number of carbonyl (C=O) groups is 3. The van der Waals surface area contributed by atoms with Crippen LogP contribution in [0.25, 0.3) is 0 Å². The van der Waals surface area contributed by atoms with Crippen molar-refractivity contribution in [2.75, 3.05) is 20.1 Å². The molecule has 1 heterocycles. The first-order valence-corrected chi connectivity index (χ1v) is 10.2. The summed E-state index contributed by atoms with van der Waals surface area (Å²) in [5, 5.41) is 7.93. The Balaban J connectivity index is 1.65. The highest BCUT2D eigenvalue weighted by atomic mass is 16.2. The molecular formula is C23H28N4O3. The van der Waals surface area contributed by atoms with Gasteiger partial charge in [0, 0.05) is 31.7 Å². The molecular weight excluding hydrogens is 380 g/mol. The summed E-state index contributed by atoms with van der Waals surface area (Å²) >= 11 is 0. The Labute approximate surface area is 176 Å². The lowest BCUT2D eigenvalue weighted by molar-refractivity contribution is -0.126. The van der Waals surface area contributed by atoms with Crippen molar-refractivity contribution in [3.63, 3.8) is 0 Å². The van der Waals surface area contributed by atoms with Gasteiger partial charge in [0.25, 0.3) is 5.91 Å². The first-order chi connectivity index (χ1) is 14.5. The number of likely N-dealkylation sites (tertiary alicyclic amines) is 1. The fourth-order valence-corrected chi connectivity index (χ4v) is 3.80. The summed E-state index contributed by atoms with van der Waals surface area (Å²) in [6.07, 6.45) is 1.46. The van der Waals surface area contributed by atoms with Gasteiger partial charge in [0.1, 0.15) is 6.04 Å². The molecule has 158 valence electrons. The van der Waals surface area contributed by atoms with Crippen LogP contribution in [-0.2, 0) is 4.79 Å². The van der Waals surface area contributed by atoms with Crippen molar-refractivity contribution in [2.24, 2.45) is 0 Å². The predicted octanol–water partition coefficient (Wildman–Crippen LogP) is 2.39. The summed E-state index contributed by atoms with van der Waals surface area (Å²) < 4.78 is 0. The number of aryl methyl sites for hydroxylation is 1. The van der Waals surface area contributed by atoms with Gasteiger partial charge in [0.05, 0.1) is 0 Å². The van der Waals surface area contributed by atoms with Crippen LogP contribution in [0.3, 0.4) is 0 Å². The van der Waals surface area contributed by atoms with E-state index in [4.69, 9.17) is 0 Å². The topological polar surface area (TPSA) is 90.5 Å². The molecule has 0 saturated carbocycles. The van der Waals surface area contributed by atoms with Gasteiger partial charge in [-0.05, 0) is 37.0 Å². The predicted molar refractivity (Wildman–Crippen MR) is 115 cm³/mol. The van der Waals surface area contributed by atoms with Gasteiger partial charge >= 0.3 is 6.03 Å². The number of imide groups is 1. The summed E-state index contributed by atoms with van der Waals surface area (Å²) in [4.78, 5) is 39.1. The van der Waals surface area contributed by atoms with E-state index in [9.17, 15) is 14.4 Å². The third-order valence-corrected chi connectivity index (χ3v) is 5.45. The van der Waals surface area contributed by atoms with Crippen LogP contribution in [0.1, 0.15) is 40.4 Å². The monoisotopic (exact) mass is 408 g/mol. The van der Waals surface area contributed by atoms with Crippen molar-refractivity contribution in [1.29, 1.82) is 0 Å². The number of nitrogens with one attached hydrogen (secondary N) is 3. The van der Waals surface area contributed by atoms with Crippen molar-refractivity contribution < 1.29 is 14.4 Å². The van der Waals surface area contributed by atoms with Gasteiger partial charge in [-0.2, -0.15) is 0 Å². The summed E-state index contributed by atoms with van der Waals surface area (Å²) in [6.45, 7) is 3.20. The third-order valence-electron chi connectivity index (χ3n) is 5.45. The standard InChI is InChI=1S/C23H28N4O3/c1-16-8-6-7-11-19(16)21(28)25-18-12-14-27(15-13-18)20(17-9-4-3-5-10-17)22(29)26-23(30)24-2/h3-11,18,20H,12-15H2,1-2H3,(H,25,28)(H2,24,26,29,30). The maximum absolute atomic E-state index is 12.8. The molecule has 1 unspecified atom stereocenters. The Morgan fingerprint density at radius 3 is 2.23 bits per heavy atom. The summed E-state index contributed by atoms with van der Waals surface area (Å²) in [7, 11) is 1.47. The fraction of sp³-hybridized carbons (Fsp3) is 0.348. The van der Waals surface area contributed by atoms with E-state index >= 15 is 0 Å². The lowest BCUT2D eigenvalue weighted by Crippen LogP contribution is -2.50. The minimum Gasteiger partial charge on any atom is -0.349 e. The third kappa shape index (κ3) is 5.24. The average Bonchev–Trinajstić information content (AvgIpc) is 2.76. The van der Waals surface area contributed by atoms with Crippen molar-refractivity contribution >= 4 is 17.8 Å². The van der Waals surface area contributed by atoms with Crippen LogP contribution >= 0.6 is 0 Å². The Bertz CT molecular complexity index is 892. The van der Waals surface area contributed by atoms with Crippen molar-refractivity contribution in [2.45, 2.75) is 31.8 Å².